The van der Waals surface area contributed by atoms with Crippen LogP contribution in [0.4, 0.5) is 0 Å². The molecule has 2 atom stereocenters. The molecule has 0 radical (unpaired) electrons. The maximum absolute atomic E-state index is 12.4. The van der Waals surface area contributed by atoms with E-state index in [2.05, 4.69) is 20.5 Å². The standard InChI is InChI=1S/C13H16N4O2S/c1-8(13-14-3-5-20-13)16-12(18)10-6-15-17-11(10)9-2-4-19-7-9/h3,5-6,8-9H,2,4,7H2,1H3,(H,15,17)(H,16,18)/t8-,9-/m0/s1. The lowest BCUT2D eigenvalue weighted by Gasteiger charge is -2.12. The Morgan fingerprint density at radius 3 is 3.25 bits per heavy atom. The number of amides is 1. The van der Waals surface area contributed by atoms with Crippen molar-refractivity contribution in [3.05, 3.63) is 34.0 Å². The number of thiazole rings is 1. The second kappa shape index (κ2) is 5.72. The fraction of sp³-hybridized carbons (Fsp3) is 0.462. The average molecular weight is 292 g/mol. The van der Waals surface area contributed by atoms with Gasteiger partial charge in [0.05, 0.1) is 30.1 Å². The molecule has 0 spiro atoms. The minimum atomic E-state index is -0.122. The third-order valence-corrected chi connectivity index (χ3v) is 4.38. The summed E-state index contributed by atoms with van der Waals surface area (Å²) in [6, 6.07) is -0.106. The monoisotopic (exact) mass is 292 g/mol. The average Bonchev–Trinajstić information content (AvgIpc) is 3.19. The number of aromatic nitrogens is 3. The minimum Gasteiger partial charge on any atom is -0.381 e. The molecular weight excluding hydrogens is 276 g/mol. The van der Waals surface area contributed by atoms with Crippen molar-refractivity contribution in [2.24, 2.45) is 0 Å². The van der Waals surface area contributed by atoms with Gasteiger partial charge in [0, 0.05) is 24.1 Å². The van der Waals surface area contributed by atoms with Gasteiger partial charge in [-0.25, -0.2) is 4.98 Å². The smallest absolute Gasteiger partial charge is 0.255 e. The van der Waals surface area contributed by atoms with Crippen molar-refractivity contribution in [1.29, 1.82) is 0 Å². The summed E-state index contributed by atoms with van der Waals surface area (Å²) in [5.74, 6) is 0.108. The van der Waals surface area contributed by atoms with Crippen LogP contribution >= 0.6 is 11.3 Å². The van der Waals surface area contributed by atoms with Crippen molar-refractivity contribution in [2.45, 2.75) is 25.3 Å². The molecule has 3 heterocycles. The SMILES string of the molecule is C[C@H](NC(=O)c1cn[nH]c1[C@H]1CCOC1)c1nccs1. The zero-order valence-electron chi connectivity index (χ0n) is 11.1. The van der Waals surface area contributed by atoms with E-state index in [1.54, 1.807) is 12.4 Å². The number of nitrogens with one attached hydrogen (secondary N) is 2. The van der Waals surface area contributed by atoms with Gasteiger partial charge < -0.3 is 10.1 Å². The molecule has 0 saturated carbocycles. The molecule has 106 valence electrons. The summed E-state index contributed by atoms with van der Waals surface area (Å²) in [5, 5.41) is 12.7. The number of nitrogens with zero attached hydrogens (tertiary/aromatic N) is 2. The molecule has 1 amide bonds. The lowest BCUT2D eigenvalue weighted by Crippen LogP contribution is -2.27. The molecule has 0 bridgehead atoms. The maximum Gasteiger partial charge on any atom is 0.255 e. The third kappa shape index (κ3) is 2.59. The van der Waals surface area contributed by atoms with Gasteiger partial charge in [-0.05, 0) is 13.3 Å². The predicted octanol–water partition coefficient (Wildman–Crippen LogP) is 1.86. The van der Waals surface area contributed by atoms with Gasteiger partial charge in [0.2, 0.25) is 0 Å². The quantitative estimate of drug-likeness (QED) is 0.901. The number of ether oxygens (including phenoxy) is 1. The molecule has 3 rings (SSSR count). The summed E-state index contributed by atoms with van der Waals surface area (Å²) >= 11 is 1.53. The molecule has 2 aromatic rings. The third-order valence-electron chi connectivity index (χ3n) is 3.42. The van der Waals surface area contributed by atoms with Gasteiger partial charge in [0.25, 0.3) is 5.91 Å². The largest absolute Gasteiger partial charge is 0.381 e. The topological polar surface area (TPSA) is 79.9 Å². The molecule has 0 aliphatic carbocycles. The summed E-state index contributed by atoms with van der Waals surface area (Å²) in [5.41, 5.74) is 1.47. The summed E-state index contributed by atoms with van der Waals surface area (Å²) < 4.78 is 5.37. The van der Waals surface area contributed by atoms with Crippen LogP contribution in [0.2, 0.25) is 0 Å². The molecule has 20 heavy (non-hydrogen) atoms. The van der Waals surface area contributed by atoms with Crippen LogP contribution in [0.25, 0.3) is 0 Å². The van der Waals surface area contributed by atoms with Crippen molar-refractivity contribution in [2.75, 3.05) is 13.2 Å². The lowest BCUT2D eigenvalue weighted by atomic mass is 10.0. The van der Waals surface area contributed by atoms with Gasteiger partial charge in [-0.2, -0.15) is 5.10 Å². The van der Waals surface area contributed by atoms with Crippen molar-refractivity contribution in [3.63, 3.8) is 0 Å². The molecule has 2 N–H and O–H groups in total. The van der Waals surface area contributed by atoms with Crippen LogP contribution in [0.3, 0.4) is 0 Å². The van der Waals surface area contributed by atoms with Gasteiger partial charge in [0.1, 0.15) is 5.01 Å². The van der Waals surface area contributed by atoms with Crippen LogP contribution in [0.15, 0.2) is 17.8 Å². The Morgan fingerprint density at radius 1 is 1.65 bits per heavy atom. The van der Waals surface area contributed by atoms with Crippen molar-refractivity contribution in [1.82, 2.24) is 20.5 Å². The zero-order valence-corrected chi connectivity index (χ0v) is 11.9. The number of H-pyrrole nitrogens is 1. The Kier molecular flexibility index (Phi) is 3.79. The van der Waals surface area contributed by atoms with Crippen LogP contribution < -0.4 is 5.32 Å². The van der Waals surface area contributed by atoms with E-state index in [1.165, 1.54) is 11.3 Å². The Balaban J connectivity index is 1.72. The van der Waals surface area contributed by atoms with E-state index >= 15 is 0 Å². The van der Waals surface area contributed by atoms with Gasteiger partial charge in [0.15, 0.2) is 0 Å². The first-order valence-electron chi connectivity index (χ1n) is 6.57. The maximum atomic E-state index is 12.4. The minimum absolute atomic E-state index is 0.106. The first-order valence-corrected chi connectivity index (χ1v) is 7.45. The molecule has 0 unspecified atom stereocenters. The first kappa shape index (κ1) is 13.3. The zero-order chi connectivity index (χ0) is 13.9. The summed E-state index contributed by atoms with van der Waals surface area (Å²) in [6.45, 7) is 3.31. The van der Waals surface area contributed by atoms with Crippen LogP contribution in [0, 0.1) is 0 Å². The van der Waals surface area contributed by atoms with E-state index in [9.17, 15) is 4.79 Å². The molecule has 6 nitrogen and oxygen atoms in total. The molecule has 7 heteroatoms. The summed E-state index contributed by atoms with van der Waals surface area (Å²) in [7, 11) is 0. The van der Waals surface area contributed by atoms with Gasteiger partial charge in [-0.15, -0.1) is 11.3 Å². The first-order chi connectivity index (χ1) is 9.75. The van der Waals surface area contributed by atoms with Crippen LogP contribution in [0.1, 0.15) is 46.4 Å². The van der Waals surface area contributed by atoms with E-state index in [1.807, 2.05) is 12.3 Å². The van der Waals surface area contributed by atoms with Crippen LogP contribution in [-0.2, 0) is 4.74 Å². The number of aromatic amines is 1. The van der Waals surface area contributed by atoms with E-state index in [4.69, 9.17) is 4.74 Å². The molecular formula is C13H16N4O2S. The summed E-state index contributed by atoms with van der Waals surface area (Å²) in [4.78, 5) is 16.6. The normalized spacial score (nSPS) is 19.9. The molecule has 1 saturated heterocycles. The van der Waals surface area contributed by atoms with E-state index < -0.39 is 0 Å². The Labute approximate surface area is 120 Å². The van der Waals surface area contributed by atoms with Crippen LogP contribution in [-0.4, -0.2) is 34.3 Å². The number of carbonyl (C=O) groups excluding carboxylic acids is 1. The number of rotatable bonds is 4. The predicted molar refractivity (Wildman–Crippen MR) is 74.8 cm³/mol. The molecule has 2 aromatic heterocycles. The molecule has 1 aliphatic heterocycles. The Hall–Kier alpha value is -1.73. The van der Waals surface area contributed by atoms with Crippen LogP contribution in [0.5, 0.6) is 0 Å². The molecule has 1 aliphatic rings. The fourth-order valence-electron chi connectivity index (χ4n) is 2.33. The van der Waals surface area contributed by atoms with E-state index in [-0.39, 0.29) is 17.9 Å². The number of hydrogen-bond acceptors (Lipinski definition) is 5. The van der Waals surface area contributed by atoms with Crippen molar-refractivity contribution in [3.8, 4) is 0 Å². The van der Waals surface area contributed by atoms with E-state index in [0.29, 0.717) is 12.2 Å². The molecule has 1 fully saturated rings. The second-order valence-electron chi connectivity index (χ2n) is 4.82. The van der Waals surface area contributed by atoms with Crippen molar-refractivity contribution >= 4 is 17.2 Å². The highest BCUT2D eigenvalue weighted by molar-refractivity contribution is 7.09. The second-order valence-corrected chi connectivity index (χ2v) is 5.75. The number of hydrogen-bond donors (Lipinski definition) is 2. The number of carbonyl (C=O) groups is 1. The van der Waals surface area contributed by atoms with Crippen molar-refractivity contribution < 1.29 is 9.53 Å². The fourth-order valence-corrected chi connectivity index (χ4v) is 2.98. The van der Waals surface area contributed by atoms with Gasteiger partial charge in [-0.3, -0.25) is 9.89 Å². The van der Waals surface area contributed by atoms with E-state index in [0.717, 1.165) is 23.7 Å². The Morgan fingerprint density at radius 2 is 2.55 bits per heavy atom. The van der Waals surface area contributed by atoms with Gasteiger partial charge >= 0.3 is 0 Å². The summed E-state index contributed by atoms with van der Waals surface area (Å²) in [6.07, 6.45) is 4.24. The highest BCUT2D eigenvalue weighted by Crippen LogP contribution is 2.26. The Bertz CT molecular complexity index is 575. The highest BCUT2D eigenvalue weighted by atomic mass is 32.1. The van der Waals surface area contributed by atoms with Gasteiger partial charge in [-0.1, -0.05) is 0 Å². The lowest BCUT2D eigenvalue weighted by molar-refractivity contribution is 0.0938. The molecule has 0 aromatic carbocycles. The highest BCUT2D eigenvalue weighted by Gasteiger charge is 2.26.